The molecule has 0 saturated carbocycles. The molecule has 32 heavy (non-hydrogen) atoms. The number of halogens is 3. The van der Waals surface area contributed by atoms with Gasteiger partial charge in [-0.25, -0.2) is 0 Å². The molecule has 4 rings (SSSR count). The second-order valence-corrected chi connectivity index (χ2v) is 7.78. The Hall–Kier alpha value is -3.27. The Kier molecular flexibility index (Phi) is 6.22. The van der Waals surface area contributed by atoms with Crippen molar-refractivity contribution in [3.05, 3.63) is 65.7 Å². The van der Waals surface area contributed by atoms with Crippen molar-refractivity contribution in [1.82, 2.24) is 30.0 Å². The summed E-state index contributed by atoms with van der Waals surface area (Å²) in [5.74, 6) is -0.0965. The number of tetrazole rings is 1. The normalized spacial score (nSPS) is 16.2. The highest BCUT2D eigenvalue weighted by Crippen LogP contribution is 2.31. The van der Waals surface area contributed by atoms with E-state index in [2.05, 4.69) is 32.4 Å². The molecule has 1 fully saturated rings. The third-order valence-corrected chi connectivity index (χ3v) is 5.51. The maximum atomic E-state index is 13.0. The van der Waals surface area contributed by atoms with Crippen molar-refractivity contribution in [2.45, 2.75) is 25.7 Å². The van der Waals surface area contributed by atoms with Crippen LogP contribution in [0, 0.1) is 0 Å². The number of carbonyl (C=O) groups excluding carboxylic acids is 1. The zero-order valence-electron chi connectivity index (χ0n) is 17.5. The van der Waals surface area contributed by atoms with Gasteiger partial charge in [0.05, 0.1) is 5.56 Å². The van der Waals surface area contributed by atoms with E-state index in [4.69, 9.17) is 0 Å². The summed E-state index contributed by atoms with van der Waals surface area (Å²) in [7, 11) is 0. The maximum absolute atomic E-state index is 13.0. The highest BCUT2D eigenvalue weighted by atomic mass is 19.4. The SMILES string of the molecule is CC(C(=O)N1CCN(Cc2ccccc2)CC1)n1nnc(-c2cccc(C(F)(F)F)c2)n1. The van der Waals surface area contributed by atoms with Crippen molar-refractivity contribution < 1.29 is 18.0 Å². The van der Waals surface area contributed by atoms with Crippen molar-refractivity contribution in [3.63, 3.8) is 0 Å². The number of amides is 1. The van der Waals surface area contributed by atoms with Gasteiger partial charge in [-0.05, 0) is 29.8 Å². The number of nitrogens with zero attached hydrogens (tertiary/aromatic N) is 6. The second kappa shape index (κ2) is 9.07. The van der Waals surface area contributed by atoms with Crippen molar-refractivity contribution >= 4 is 5.91 Å². The van der Waals surface area contributed by atoms with Crippen LogP contribution in [0.2, 0.25) is 0 Å². The van der Waals surface area contributed by atoms with E-state index in [1.807, 2.05) is 18.2 Å². The molecule has 0 bridgehead atoms. The van der Waals surface area contributed by atoms with E-state index in [0.717, 1.165) is 36.6 Å². The largest absolute Gasteiger partial charge is 0.416 e. The van der Waals surface area contributed by atoms with Crippen molar-refractivity contribution in [2.75, 3.05) is 26.2 Å². The Morgan fingerprint density at radius 1 is 1.03 bits per heavy atom. The zero-order chi connectivity index (χ0) is 22.7. The summed E-state index contributed by atoms with van der Waals surface area (Å²) in [4.78, 5) is 18.1. The fourth-order valence-corrected chi connectivity index (χ4v) is 3.67. The highest BCUT2D eigenvalue weighted by molar-refractivity contribution is 5.80. The van der Waals surface area contributed by atoms with Crippen LogP contribution in [0.25, 0.3) is 11.4 Å². The topological polar surface area (TPSA) is 67.2 Å². The van der Waals surface area contributed by atoms with Gasteiger partial charge in [-0.15, -0.1) is 10.2 Å². The van der Waals surface area contributed by atoms with Gasteiger partial charge in [0.15, 0.2) is 0 Å². The molecule has 0 spiro atoms. The molecular formula is C22H23F3N6O. The summed E-state index contributed by atoms with van der Waals surface area (Å²) in [5, 5.41) is 11.9. The van der Waals surface area contributed by atoms with Gasteiger partial charge in [-0.2, -0.15) is 18.0 Å². The molecule has 0 radical (unpaired) electrons. The van der Waals surface area contributed by atoms with Gasteiger partial charge < -0.3 is 4.90 Å². The number of carbonyl (C=O) groups is 1. The molecule has 1 unspecified atom stereocenters. The lowest BCUT2D eigenvalue weighted by Gasteiger charge is -2.35. The van der Waals surface area contributed by atoms with Crippen molar-refractivity contribution in [3.8, 4) is 11.4 Å². The Balaban J connectivity index is 1.38. The van der Waals surface area contributed by atoms with Gasteiger partial charge in [-0.3, -0.25) is 9.69 Å². The molecule has 0 N–H and O–H groups in total. The molecule has 1 saturated heterocycles. The van der Waals surface area contributed by atoms with E-state index >= 15 is 0 Å². The van der Waals surface area contributed by atoms with Crippen LogP contribution >= 0.6 is 0 Å². The summed E-state index contributed by atoms with van der Waals surface area (Å²) in [5.41, 5.74) is 0.638. The average Bonchev–Trinajstić information content (AvgIpc) is 3.29. The summed E-state index contributed by atoms with van der Waals surface area (Å²) < 4.78 is 38.9. The molecule has 1 amide bonds. The molecule has 168 valence electrons. The third kappa shape index (κ3) is 4.96. The minimum atomic E-state index is -4.46. The molecule has 3 aromatic rings. The number of benzene rings is 2. The van der Waals surface area contributed by atoms with Gasteiger partial charge in [0, 0.05) is 38.3 Å². The first-order chi connectivity index (χ1) is 15.3. The predicted octanol–water partition coefficient (Wildman–Crippen LogP) is 3.26. The molecule has 1 atom stereocenters. The number of hydrogen-bond acceptors (Lipinski definition) is 5. The summed E-state index contributed by atoms with van der Waals surface area (Å²) >= 11 is 0. The van der Waals surface area contributed by atoms with Gasteiger partial charge in [0.25, 0.3) is 0 Å². The molecule has 1 aliphatic rings. The van der Waals surface area contributed by atoms with Crippen LogP contribution < -0.4 is 0 Å². The quantitative estimate of drug-likeness (QED) is 0.604. The number of piperazine rings is 1. The van der Waals surface area contributed by atoms with E-state index in [9.17, 15) is 18.0 Å². The molecule has 1 aromatic heterocycles. The number of aromatic nitrogens is 4. The van der Waals surface area contributed by atoms with E-state index in [0.29, 0.717) is 13.1 Å². The number of alkyl halides is 3. The van der Waals surface area contributed by atoms with Crippen LogP contribution in [0.5, 0.6) is 0 Å². The van der Waals surface area contributed by atoms with Gasteiger partial charge in [0.2, 0.25) is 11.7 Å². The van der Waals surface area contributed by atoms with Crippen LogP contribution in [0.4, 0.5) is 13.2 Å². The van der Waals surface area contributed by atoms with E-state index in [1.165, 1.54) is 17.7 Å². The smallest absolute Gasteiger partial charge is 0.338 e. The lowest BCUT2D eigenvalue weighted by molar-refractivity contribution is -0.138. The third-order valence-electron chi connectivity index (χ3n) is 5.51. The molecule has 2 heterocycles. The highest BCUT2D eigenvalue weighted by Gasteiger charge is 2.31. The van der Waals surface area contributed by atoms with Crippen molar-refractivity contribution in [1.29, 1.82) is 0 Å². The van der Waals surface area contributed by atoms with Crippen LogP contribution in [0.1, 0.15) is 24.1 Å². The minimum Gasteiger partial charge on any atom is -0.338 e. The lowest BCUT2D eigenvalue weighted by atomic mass is 10.1. The zero-order valence-corrected chi connectivity index (χ0v) is 17.5. The maximum Gasteiger partial charge on any atom is 0.416 e. The predicted molar refractivity (Wildman–Crippen MR) is 111 cm³/mol. The fourth-order valence-electron chi connectivity index (χ4n) is 3.67. The summed E-state index contributed by atoms with van der Waals surface area (Å²) in [6.45, 7) is 5.19. The van der Waals surface area contributed by atoms with E-state index < -0.39 is 17.8 Å². The Morgan fingerprint density at radius 3 is 2.44 bits per heavy atom. The second-order valence-electron chi connectivity index (χ2n) is 7.78. The van der Waals surface area contributed by atoms with Crippen molar-refractivity contribution in [2.24, 2.45) is 0 Å². The van der Waals surface area contributed by atoms with Crippen LogP contribution in [0.15, 0.2) is 54.6 Å². The Labute approximate surface area is 183 Å². The average molecular weight is 444 g/mol. The van der Waals surface area contributed by atoms with Crippen LogP contribution in [-0.2, 0) is 17.5 Å². The molecule has 1 aliphatic heterocycles. The van der Waals surface area contributed by atoms with E-state index in [-0.39, 0.29) is 17.3 Å². The lowest BCUT2D eigenvalue weighted by Crippen LogP contribution is -2.50. The first kappa shape index (κ1) is 21.9. The minimum absolute atomic E-state index is 0.0448. The first-order valence-electron chi connectivity index (χ1n) is 10.3. The summed E-state index contributed by atoms with van der Waals surface area (Å²) in [6.07, 6.45) is -4.46. The molecule has 7 nitrogen and oxygen atoms in total. The Bertz CT molecular complexity index is 1060. The number of hydrogen-bond donors (Lipinski definition) is 0. The number of rotatable bonds is 5. The van der Waals surface area contributed by atoms with Gasteiger partial charge in [-0.1, -0.05) is 42.5 Å². The standard InChI is InChI=1S/C22H23F3N6O/c1-16(21(32)30-12-10-29(11-13-30)15-17-6-3-2-4-7-17)31-27-20(26-28-31)18-8-5-9-19(14-18)22(23,24)25/h2-9,14,16H,10-13,15H2,1H3. The van der Waals surface area contributed by atoms with Gasteiger partial charge >= 0.3 is 6.18 Å². The van der Waals surface area contributed by atoms with Gasteiger partial charge in [0.1, 0.15) is 6.04 Å². The summed E-state index contributed by atoms with van der Waals surface area (Å²) in [6, 6.07) is 14.2. The molecular weight excluding hydrogens is 421 g/mol. The van der Waals surface area contributed by atoms with E-state index in [1.54, 1.807) is 11.8 Å². The van der Waals surface area contributed by atoms with Crippen LogP contribution in [0.3, 0.4) is 0 Å². The van der Waals surface area contributed by atoms with Crippen LogP contribution in [-0.4, -0.2) is 62.1 Å². The fraction of sp³-hybridized carbons (Fsp3) is 0.364. The molecule has 10 heteroatoms. The molecule has 2 aromatic carbocycles. The monoisotopic (exact) mass is 444 g/mol. The Morgan fingerprint density at radius 2 is 1.75 bits per heavy atom. The first-order valence-corrected chi connectivity index (χ1v) is 10.3. The molecule has 0 aliphatic carbocycles.